The van der Waals surface area contributed by atoms with E-state index < -0.39 is 29.2 Å². The molecule has 0 aliphatic carbocycles. The van der Waals surface area contributed by atoms with Crippen molar-refractivity contribution in [1.29, 1.82) is 0 Å². The Hall–Kier alpha value is -2.81. The zero-order chi connectivity index (χ0) is 22.6. The van der Waals surface area contributed by atoms with E-state index in [1.807, 2.05) is 13.8 Å². The number of nitrogens with one attached hydrogen (secondary N) is 2. The van der Waals surface area contributed by atoms with Crippen LogP contribution in [0.5, 0.6) is 0 Å². The summed E-state index contributed by atoms with van der Waals surface area (Å²) in [6.07, 6.45) is -2.22. The zero-order valence-corrected chi connectivity index (χ0v) is 17.6. The average Bonchev–Trinajstić information content (AvgIpc) is 2.86. The van der Waals surface area contributed by atoms with Gasteiger partial charge in [0.1, 0.15) is 5.15 Å². The van der Waals surface area contributed by atoms with Crippen molar-refractivity contribution in [2.24, 2.45) is 5.92 Å². The molecule has 6 nitrogen and oxygen atoms in total. The van der Waals surface area contributed by atoms with Crippen LogP contribution in [0.3, 0.4) is 0 Å². The molecule has 1 heterocycles. The molecule has 0 aliphatic rings. The normalized spacial score (nSPS) is 11.9. The highest BCUT2D eigenvalue weighted by molar-refractivity contribution is 6.31. The molecular formula is C20H22ClF3N4O2. The average molecular weight is 443 g/mol. The second-order valence-corrected chi connectivity index (χ2v) is 7.49. The first kappa shape index (κ1) is 23.5. The van der Waals surface area contributed by atoms with E-state index in [0.717, 1.165) is 18.2 Å². The molecule has 1 aromatic carbocycles. The predicted molar refractivity (Wildman–Crippen MR) is 110 cm³/mol. The minimum absolute atomic E-state index is 0.0247. The second-order valence-electron chi connectivity index (χ2n) is 7.13. The van der Waals surface area contributed by atoms with Gasteiger partial charge in [0.15, 0.2) is 0 Å². The van der Waals surface area contributed by atoms with Gasteiger partial charge in [-0.2, -0.15) is 18.3 Å². The van der Waals surface area contributed by atoms with Crippen molar-refractivity contribution in [3.05, 3.63) is 46.2 Å². The number of rotatable bonds is 6. The van der Waals surface area contributed by atoms with Crippen LogP contribution in [0.1, 0.15) is 37.6 Å². The van der Waals surface area contributed by atoms with E-state index in [9.17, 15) is 22.8 Å². The Kier molecular flexibility index (Phi) is 7.30. The first-order valence-corrected chi connectivity index (χ1v) is 9.47. The van der Waals surface area contributed by atoms with E-state index in [4.69, 9.17) is 11.6 Å². The van der Waals surface area contributed by atoms with Gasteiger partial charge in [0.05, 0.1) is 16.9 Å². The Balaban J connectivity index is 2.24. The SMILES string of the molecule is CC(=O)Nc1ccc(NC(=O)/C=C/c2c(C)nn(CC(C)C)c2Cl)c(C(F)(F)F)c1. The summed E-state index contributed by atoms with van der Waals surface area (Å²) in [5, 5.41) is 9.16. The van der Waals surface area contributed by atoms with E-state index >= 15 is 0 Å². The number of alkyl halides is 3. The van der Waals surface area contributed by atoms with Gasteiger partial charge in [0.25, 0.3) is 0 Å². The van der Waals surface area contributed by atoms with Crippen molar-refractivity contribution in [1.82, 2.24) is 9.78 Å². The van der Waals surface area contributed by atoms with Crippen LogP contribution in [-0.2, 0) is 22.3 Å². The molecule has 2 amide bonds. The fraction of sp³-hybridized carbons (Fsp3) is 0.350. The molecule has 10 heteroatoms. The van der Waals surface area contributed by atoms with Crippen molar-refractivity contribution >= 4 is 40.9 Å². The Morgan fingerprint density at radius 1 is 1.27 bits per heavy atom. The van der Waals surface area contributed by atoms with Crippen LogP contribution in [-0.4, -0.2) is 21.6 Å². The fourth-order valence-electron chi connectivity index (χ4n) is 2.73. The highest BCUT2D eigenvalue weighted by Crippen LogP contribution is 2.36. The van der Waals surface area contributed by atoms with Crippen LogP contribution in [0, 0.1) is 12.8 Å². The number of anilines is 2. The standard InChI is InChI=1S/C20H22ClF3N4O2/c1-11(2)10-28-19(21)15(12(3)27-28)6-8-18(30)26-17-7-5-14(25-13(4)29)9-16(17)20(22,23)24/h5-9,11H,10H2,1-4H3,(H,25,29)(H,26,30)/b8-6+. The van der Waals surface area contributed by atoms with Crippen molar-refractivity contribution in [2.75, 3.05) is 10.6 Å². The van der Waals surface area contributed by atoms with Gasteiger partial charge in [-0.3, -0.25) is 14.3 Å². The highest BCUT2D eigenvalue weighted by Gasteiger charge is 2.34. The highest BCUT2D eigenvalue weighted by atomic mass is 35.5. The smallest absolute Gasteiger partial charge is 0.326 e. The van der Waals surface area contributed by atoms with Crippen LogP contribution in [0.4, 0.5) is 24.5 Å². The van der Waals surface area contributed by atoms with Gasteiger partial charge in [0.2, 0.25) is 11.8 Å². The lowest BCUT2D eigenvalue weighted by Crippen LogP contribution is -2.16. The maximum atomic E-state index is 13.4. The molecule has 0 saturated carbocycles. The number of halogens is 4. The molecule has 2 N–H and O–H groups in total. The third-order valence-corrected chi connectivity index (χ3v) is 4.35. The summed E-state index contributed by atoms with van der Waals surface area (Å²) in [6, 6.07) is 3.11. The van der Waals surface area contributed by atoms with E-state index in [-0.39, 0.29) is 5.69 Å². The Bertz CT molecular complexity index is 981. The third kappa shape index (κ3) is 6.09. The summed E-state index contributed by atoms with van der Waals surface area (Å²) in [6.45, 7) is 7.51. The zero-order valence-electron chi connectivity index (χ0n) is 16.9. The summed E-state index contributed by atoms with van der Waals surface area (Å²) < 4.78 is 41.7. The molecule has 162 valence electrons. The van der Waals surface area contributed by atoms with Crippen molar-refractivity contribution in [2.45, 2.75) is 40.4 Å². The summed E-state index contributed by atoms with van der Waals surface area (Å²) in [4.78, 5) is 23.3. The number of aromatic nitrogens is 2. The molecule has 0 bridgehead atoms. The lowest BCUT2D eigenvalue weighted by Gasteiger charge is -2.15. The van der Waals surface area contributed by atoms with Crippen molar-refractivity contribution < 1.29 is 22.8 Å². The summed E-state index contributed by atoms with van der Waals surface area (Å²) >= 11 is 6.30. The minimum Gasteiger partial charge on any atom is -0.326 e. The lowest BCUT2D eigenvalue weighted by molar-refractivity contribution is -0.137. The maximum absolute atomic E-state index is 13.4. The number of nitrogens with zero attached hydrogens (tertiary/aromatic N) is 2. The molecule has 0 radical (unpaired) electrons. The number of benzene rings is 1. The number of hydrogen-bond donors (Lipinski definition) is 2. The summed E-state index contributed by atoms with van der Waals surface area (Å²) in [7, 11) is 0. The number of carbonyl (C=O) groups is 2. The Labute approximate surface area is 177 Å². The minimum atomic E-state index is -4.72. The first-order valence-electron chi connectivity index (χ1n) is 9.09. The molecule has 0 aliphatic heterocycles. The van der Waals surface area contributed by atoms with E-state index in [1.54, 1.807) is 11.6 Å². The Morgan fingerprint density at radius 2 is 1.93 bits per heavy atom. The van der Waals surface area contributed by atoms with Gasteiger partial charge in [0, 0.05) is 30.8 Å². The molecule has 2 aromatic rings. The summed E-state index contributed by atoms with van der Waals surface area (Å²) in [5.41, 5.74) is -0.410. The van der Waals surface area contributed by atoms with Crippen molar-refractivity contribution in [3.8, 4) is 0 Å². The molecule has 2 rings (SSSR count). The molecule has 30 heavy (non-hydrogen) atoms. The summed E-state index contributed by atoms with van der Waals surface area (Å²) in [5.74, 6) is -0.962. The number of carbonyl (C=O) groups excluding carboxylic acids is 2. The molecule has 0 saturated heterocycles. The van der Waals surface area contributed by atoms with Crippen LogP contribution in [0.2, 0.25) is 5.15 Å². The van der Waals surface area contributed by atoms with Crippen molar-refractivity contribution in [3.63, 3.8) is 0 Å². The van der Waals surface area contributed by atoms with Crippen LogP contribution in [0.25, 0.3) is 6.08 Å². The van der Waals surface area contributed by atoms with E-state index in [2.05, 4.69) is 15.7 Å². The molecule has 0 unspecified atom stereocenters. The van der Waals surface area contributed by atoms with Gasteiger partial charge in [-0.25, -0.2) is 0 Å². The maximum Gasteiger partial charge on any atom is 0.418 e. The van der Waals surface area contributed by atoms with Crippen LogP contribution >= 0.6 is 11.6 Å². The topological polar surface area (TPSA) is 76.0 Å². The molecule has 0 spiro atoms. The molecule has 0 fully saturated rings. The van der Waals surface area contributed by atoms with Gasteiger partial charge < -0.3 is 10.6 Å². The van der Waals surface area contributed by atoms with Crippen LogP contribution < -0.4 is 10.6 Å². The molecule has 0 atom stereocenters. The van der Waals surface area contributed by atoms with Gasteiger partial charge in [-0.1, -0.05) is 25.4 Å². The third-order valence-electron chi connectivity index (χ3n) is 3.95. The molecule has 1 aromatic heterocycles. The van der Waals surface area contributed by atoms with E-state index in [1.165, 1.54) is 19.1 Å². The number of amides is 2. The first-order chi connectivity index (χ1) is 13.9. The molecular weight excluding hydrogens is 421 g/mol. The monoisotopic (exact) mass is 442 g/mol. The lowest BCUT2D eigenvalue weighted by atomic mass is 10.1. The Morgan fingerprint density at radius 3 is 2.50 bits per heavy atom. The van der Waals surface area contributed by atoms with Gasteiger partial charge in [-0.15, -0.1) is 0 Å². The number of aryl methyl sites for hydroxylation is 1. The second kappa shape index (κ2) is 9.34. The van der Waals surface area contributed by atoms with Gasteiger partial charge >= 0.3 is 6.18 Å². The predicted octanol–water partition coefficient (Wildman–Crippen LogP) is 5.13. The van der Waals surface area contributed by atoms with Crippen LogP contribution in [0.15, 0.2) is 24.3 Å². The van der Waals surface area contributed by atoms with Gasteiger partial charge in [-0.05, 0) is 37.1 Å². The van der Waals surface area contributed by atoms with E-state index in [0.29, 0.717) is 28.9 Å². The largest absolute Gasteiger partial charge is 0.418 e. The number of hydrogen-bond acceptors (Lipinski definition) is 3. The fourth-order valence-corrected chi connectivity index (χ4v) is 3.03. The quantitative estimate of drug-likeness (QED) is 0.609.